The molecule has 0 bridgehead atoms. The maximum absolute atomic E-state index is 12.9. The van der Waals surface area contributed by atoms with Crippen LogP contribution in [-0.4, -0.2) is 42.0 Å². The van der Waals surface area contributed by atoms with Crippen molar-refractivity contribution < 1.29 is 9.53 Å². The van der Waals surface area contributed by atoms with Crippen molar-refractivity contribution in [2.24, 2.45) is 0 Å². The molecule has 146 valence electrons. The molecule has 1 atom stereocenters. The highest BCUT2D eigenvalue weighted by atomic mass is 16.5. The van der Waals surface area contributed by atoms with Gasteiger partial charge in [0.2, 0.25) is 0 Å². The number of anilines is 1. The molecule has 1 amide bonds. The average molecular weight is 378 g/mol. The first kappa shape index (κ1) is 19.8. The number of nitrogens with one attached hydrogen (secondary N) is 1. The smallest absolute Gasteiger partial charge is 0.257 e. The normalized spacial score (nSPS) is 16.2. The molecule has 1 saturated heterocycles. The number of methoxy groups -OCH3 is 1. The molecule has 1 aromatic heterocycles. The Balaban J connectivity index is 1.69. The lowest BCUT2D eigenvalue weighted by molar-refractivity contribution is 0.102. The van der Waals surface area contributed by atoms with Crippen LogP contribution >= 0.6 is 0 Å². The van der Waals surface area contributed by atoms with Gasteiger partial charge in [0.25, 0.3) is 5.91 Å². The average Bonchev–Trinajstić information content (AvgIpc) is 2.74. The number of benzene rings is 1. The third-order valence-corrected chi connectivity index (χ3v) is 5.36. The quantitative estimate of drug-likeness (QED) is 0.827. The van der Waals surface area contributed by atoms with Crippen molar-refractivity contribution in [3.05, 3.63) is 53.9 Å². The Morgan fingerprint density at radius 2 is 2.04 bits per heavy atom. The third kappa shape index (κ3) is 4.68. The molecule has 2 aromatic rings. The van der Waals surface area contributed by atoms with Crippen molar-refractivity contribution in [2.75, 3.05) is 25.5 Å². The van der Waals surface area contributed by atoms with Crippen LogP contribution in [0.15, 0.2) is 42.6 Å². The highest BCUT2D eigenvalue weighted by Gasteiger charge is 2.27. The van der Waals surface area contributed by atoms with E-state index in [1.807, 2.05) is 30.3 Å². The lowest BCUT2D eigenvalue weighted by Crippen LogP contribution is -2.39. The van der Waals surface area contributed by atoms with Crippen molar-refractivity contribution in [2.45, 2.75) is 38.1 Å². The largest absolute Gasteiger partial charge is 0.497 e. The van der Waals surface area contributed by atoms with E-state index in [9.17, 15) is 4.79 Å². The van der Waals surface area contributed by atoms with Crippen molar-refractivity contribution in [3.63, 3.8) is 0 Å². The van der Waals surface area contributed by atoms with Gasteiger partial charge in [-0.25, -0.2) is 0 Å². The number of piperidine rings is 1. The maximum atomic E-state index is 12.9. The van der Waals surface area contributed by atoms with Crippen LogP contribution in [-0.2, 0) is 0 Å². The molecule has 2 heterocycles. The fraction of sp³-hybridized carbons (Fsp3) is 0.409. The van der Waals surface area contributed by atoms with Gasteiger partial charge in [-0.05, 0) is 69.3 Å². The third-order valence-electron chi connectivity index (χ3n) is 5.36. The molecule has 28 heavy (non-hydrogen) atoms. The molecule has 1 fully saturated rings. The first-order valence-corrected chi connectivity index (χ1v) is 9.63. The zero-order valence-electron chi connectivity index (χ0n) is 16.4. The molecule has 0 aliphatic carbocycles. The molecule has 0 unspecified atom stereocenters. The number of nitrogens with zero attached hydrogens (tertiary/aromatic N) is 3. The number of aromatic nitrogens is 1. The summed E-state index contributed by atoms with van der Waals surface area (Å²) in [4.78, 5) is 19.8. The summed E-state index contributed by atoms with van der Waals surface area (Å²) >= 11 is 0. The van der Waals surface area contributed by atoms with E-state index in [0.717, 1.165) is 43.1 Å². The molecule has 1 aliphatic heterocycles. The summed E-state index contributed by atoms with van der Waals surface area (Å²) in [5, 5.41) is 11.9. The summed E-state index contributed by atoms with van der Waals surface area (Å²) in [5.41, 5.74) is 2.21. The highest BCUT2D eigenvalue weighted by Crippen LogP contribution is 2.30. The summed E-state index contributed by atoms with van der Waals surface area (Å²) in [6, 6.07) is 13.4. The number of rotatable bonds is 6. The lowest BCUT2D eigenvalue weighted by atomic mass is 9.89. The fourth-order valence-electron chi connectivity index (χ4n) is 3.68. The molecule has 6 heteroatoms. The fourth-order valence-corrected chi connectivity index (χ4v) is 3.68. The van der Waals surface area contributed by atoms with E-state index in [2.05, 4.69) is 28.2 Å². The molecule has 0 radical (unpaired) electrons. The highest BCUT2D eigenvalue weighted by molar-refractivity contribution is 6.05. The van der Waals surface area contributed by atoms with E-state index in [1.54, 1.807) is 19.4 Å². The molecule has 1 aromatic carbocycles. The van der Waals surface area contributed by atoms with Crippen LogP contribution in [0.25, 0.3) is 0 Å². The number of ether oxygens (including phenoxy) is 1. The molecule has 0 spiro atoms. The molecule has 1 N–H and O–H groups in total. The lowest BCUT2D eigenvalue weighted by Gasteiger charge is -2.35. The number of carbonyl (C=O) groups is 1. The van der Waals surface area contributed by atoms with Crippen molar-refractivity contribution >= 4 is 11.6 Å². The Kier molecular flexibility index (Phi) is 6.62. The molecule has 1 aliphatic rings. The Morgan fingerprint density at radius 3 is 2.68 bits per heavy atom. The monoisotopic (exact) mass is 378 g/mol. The van der Waals surface area contributed by atoms with Gasteiger partial charge in [0, 0.05) is 23.8 Å². The van der Waals surface area contributed by atoms with E-state index >= 15 is 0 Å². The van der Waals surface area contributed by atoms with Crippen LogP contribution in [0.5, 0.6) is 5.75 Å². The van der Waals surface area contributed by atoms with E-state index in [-0.39, 0.29) is 17.9 Å². The summed E-state index contributed by atoms with van der Waals surface area (Å²) < 4.78 is 5.15. The van der Waals surface area contributed by atoms with Gasteiger partial charge in [0.15, 0.2) is 0 Å². The summed E-state index contributed by atoms with van der Waals surface area (Å²) in [6.07, 6.45) is 4.18. The van der Waals surface area contributed by atoms with E-state index in [0.29, 0.717) is 12.0 Å². The summed E-state index contributed by atoms with van der Waals surface area (Å²) in [7, 11) is 1.61. The Morgan fingerprint density at radius 1 is 1.32 bits per heavy atom. The second kappa shape index (κ2) is 9.34. The van der Waals surface area contributed by atoms with Crippen LogP contribution in [0.4, 0.5) is 5.69 Å². The molecule has 0 saturated carbocycles. The Bertz CT molecular complexity index is 836. The molecular formula is C22H26N4O2. The van der Waals surface area contributed by atoms with Crippen LogP contribution in [0.3, 0.4) is 0 Å². The van der Waals surface area contributed by atoms with E-state index < -0.39 is 0 Å². The van der Waals surface area contributed by atoms with E-state index in [1.165, 1.54) is 0 Å². The van der Waals surface area contributed by atoms with Gasteiger partial charge < -0.3 is 10.1 Å². The maximum Gasteiger partial charge on any atom is 0.257 e. The number of carbonyl (C=O) groups excluding carboxylic acids is 1. The van der Waals surface area contributed by atoms with Crippen LogP contribution < -0.4 is 10.1 Å². The number of hydrogen-bond acceptors (Lipinski definition) is 5. The van der Waals surface area contributed by atoms with Crippen LogP contribution in [0.1, 0.15) is 48.2 Å². The van der Waals surface area contributed by atoms with Crippen LogP contribution in [0, 0.1) is 11.3 Å². The molecule has 6 nitrogen and oxygen atoms in total. The Hall–Kier alpha value is -2.91. The van der Waals surface area contributed by atoms with Gasteiger partial charge in [-0.15, -0.1) is 0 Å². The molecule has 3 rings (SSSR count). The zero-order valence-corrected chi connectivity index (χ0v) is 16.4. The van der Waals surface area contributed by atoms with Gasteiger partial charge in [-0.3, -0.25) is 14.7 Å². The van der Waals surface area contributed by atoms with Gasteiger partial charge in [-0.1, -0.05) is 0 Å². The topological polar surface area (TPSA) is 78.2 Å². The minimum Gasteiger partial charge on any atom is -0.497 e. The molecular weight excluding hydrogens is 352 g/mol. The standard InChI is InChI=1S/C22H26N4O2/c1-16(9-12-23)26-14-10-17(11-15-26)21-20(4-3-13-24-21)22(27)25-18-5-7-19(28-2)8-6-18/h3-8,13,16-17H,9-11,14-15H2,1-2H3,(H,25,27)/t16-/m1/s1. The number of nitriles is 1. The van der Waals surface area contributed by atoms with Gasteiger partial charge in [0.1, 0.15) is 5.75 Å². The first-order chi connectivity index (χ1) is 13.6. The number of amides is 1. The van der Waals surface area contributed by atoms with Gasteiger partial charge in [0.05, 0.1) is 30.9 Å². The Labute approximate surface area is 166 Å². The van der Waals surface area contributed by atoms with Crippen molar-refractivity contribution in [1.29, 1.82) is 5.26 Å². The minimum absolute atomic E-state index is 0.145. The predicted molar refractivity (Wildman–Crippen MR) is 108 cm³/mol. The number of likely N-dealkylation sites (tertiary alicyclic amines) is 1. The zero-order chi connectivity index (χ0) is 19.9. The minimum atomic E-state index is -0.145. The first-order valence-electron chi connectivity index (χ1n) is 9.63. The van der Waals surface area contributed by atoms with Crippen molar-refractivity contribution in [1.82, 2.24) is 9.88 Å². The summed E-state index contributed by atoms with van der Waals surface area (Å²) in [5.74, 6) is 0.856. The second-order valence-electron chi connectivity index (χ2n) is 7.14. The van der Waals surface area contributed by atoms with Crippen LogP contribution in [0.2, 0.25) is 0 Å². The van der Waals surface area contributed by atoms with Gasteiger partial charge >= 0.3 is 0 Å². The number of hydrogen-bond donors (Lipinski definition) is 1. The van der Waals surface area contributed by atoms with Crippen molar-refractivity contribution in [3.8, 4) is 11.8 Å². The number of pyridine rings is 1. The SMILES string of the molecule is COc1ccc(NC(=O)c2cccnc2C2CCN([C@H](C)CC#N)CC2)cc1. The second-order valence-corrected chi connectivity index (χ2v) is 7.14. The summed E-state index contributed by atoms with van der Waals surface area (Å²) in [6.45, 7) is 3.94. The van der Waals surface area contributed by atoms with E-state index in [4.69, 9.17) is 10.00 Å². The predicted octanol–water partition coefficient (Wildman–Crippen LogP) is 3.82. The van der Waals surface area contributed by atoms with Gasteiger partial charge in [-0.2, -0.15) is 5.26 Å².